The first kappa shape index (κ1) is 15.0. The number of carboxylic acid groups (broad SMARTS) is 1. The maximum atomic E-state index is 12.1. The van der Waals surface area contributed by atoms with Gasteiger partial charge in [0.2, 0.25) is 0 Å². The van der Waals surface area contributed by atoms with Crippen molar-refractivity contribution >= 4 is 33.5 Å². The molecule has 20 heavy (non-hydrogen) atoms. The third kappa shape index (κ3) is 3.40. The number of hydrogen-bond donors (Lipinski definition) is 2. The van der Waals surface area contributed by atoms with Gasteiger partial charge in [-0.25, -0.2) is 4.79 Å². The summed E-state index contributed by atoms with van der Waals surface area (Å²) in [5, 5.41) is 9.00. The zero-order valence-corrected chi connectivity index (χ0v) is 11.9. The number of rotatable bonds is 4. The Morgan fingerprint density at radius 1 is 1.35 bits per heavy atom. The summed E-state index contributed by atoms with van der Waals surface area (Å²) in [6.45, 7) is 1.19. The number of morpholine rings is 1. The van der Waals surface area contributed by atoms with Crippen molar-refractivity contribution in [3.63, 3.8) is 0 Å². The molecule has 0 saturated carbocycles. The SMILES string of the molecule is O=C(O)c1cc(NS(=O)(=O)N2CCOCC2)ccc1Cl. The van der Waals surface area contributed by atoms with Gasteiger partial charge in [-0.1, -0.05) is 11.6 Å². The van der Waals surface area contributed by atoms with Gasteiger partial charge < -0.3 is 9.84 Å². The lowest BCUT2D eigenvalue weighted by Crippen LogP contribution is -2.43. The van der Waals surface area contributed by atoms with Crippen molar-refractivity contribution in [1.29, 1.82) is 0 Å². The van der Waals surface area contributed by atoms with Gasteiger partial charge in [0.25, 0.3) is 0 Å². The molecule has 1 aromatic rings. The molecule has 1 saturated heterocycles. The fraction of sp³-hybridized carbons (Fsp3) is 0.364. The van der Waals surface area contributed by atoms with Gasteiger partial charge in [0.05, 0.1) is 29.5 Å². The second kappa shape index (κ2) is 5.96. The third-order valence-corrected chi connectivity index (χ3v) is 4.62. The lowest BCUT2D eigenvalue weighted by atomic mass is 10.2. The van der Waals surface area contributed by atoms with Crippen LogP contribution >= 0.6 is 11.6 Å². The van der Waals surface area contributed by atoms with E-state index in [2.05, 4.69) is 4.72 Å². The first-order valence-corrected chi connectivity index (χ1v) is 7.60. The van der Waals surface area contributed by atoms with Crippen LogP contribution in [0.25, 0.3) is 0 Å². The van der Waals surface area contributed by atoms with Crippen molar-refractivity contribution in [2.24, 2.45) is 0 Å². The first-order valence-electron chi connectivity index (χ1n) is 5.78. The number of carbonyl (C=O) groups is 1. The van der Waals surface area contributed by atoms with E-state index in [0.29, 0.717) is 13.2 Å². The second-order valence-corrected chi connectivity index (χ2v) is 6.20. The summed E-state index contributed by atoms with van der Waals surface area (Å²) in [5.74, 6) is -1.22. The molecule has 0 radical (unpaired) electrons. The summed E-state index contributed by atoms with van der Waals surface area (Å²) < 4.78 is 32.9. The normalized spacial score (nSPS) is 16.9. The Hall–Kier alpha value is -1.35. The van der Waals surface area contributed by atoms with Crippen molar-refractivity contribution < 1.29 is 23.1 Å². The minimum Gasteiger partial charge on any atom is -0.478 e. The summed E-state index contributed by atoms with van der Waals surface area (Å²) in [7, 11) is -3.72. The van der Waals surface area contributed by atoms with Gasteiger partial charge in [0.1, 0.15) is 0 Å². The molecule has 7 nitrogen and oxygen atoms in total. The van der Waals surface area contributed by atoms with Crippen molar-refractivity contribution in [3.8, 4) is 0 Å². The van der Waals surface area contributed by atoms with E-state index in [4.69, 9.17) is 21.4 Å². The molecule has 9 heteroatoms. The predicted octanol–water partition coefficient (Wildman–Crippen LogP) is 1.03. The number of anilines is 1. The van der Waals surface area contributed by atoms with E-state index in [-0.39, 0.29) is 29.4 Å². The van der Waals surface area contributed by atoms with Crippen LogP contribution in [0.5, 0.6) is 0 Å². The van der Waals surface area contributed by atoms with Crippen molar-refractivity contribution in [1.82, 2.24) is 4.31 Å². The number of halogens is 1. The highest BCUT2D eigenvalue weighted by molar-refractivity contribution is 7.90. The highest BCUT2D eigenvalue weighted by atomic mass is 35.5. The number of aromatic carboxylic acids is 1. The molecule has 0 aromatic heterocycles. The molecule has 0 bridgehead atoms. The topological polar surface area (TPSA) is 95.9 Å². The van der Waals surface area contributed by atoms with E-state index < -0.39 is 16.2 Å². The molecule has 2 rings (SSSR count). The molecule has 0 unspecified atom stereocenters. The first-order chi connectivity index (χ1) is 9.40. The lowest BCUT2D eigenvalue weighted by molar-refractivity contribution is 0.0697. The zero-order valence-electron chi connectivity index (χ0n) is 10.4. The van der Waals surface area contributed by atoms with Crippen molar-refractivity contribution in [3.05, 3.63) is 28.8 Å². The highest BCUT2D eigenvalue weighted by Gasteiger charge is 2.24. The maximum absolute atomic E-state index is 12.1. The maximum Gasteiger partial charge on any atom is 0.337 e. The van der Waals surface area contributed by atoms with Crippen LogP contribution < -0.4 is 4.72 Å². The molecule has 110 valence electrons. The van der Waals surface area contributed by atoms with Gasteiger partial charge in [-0.05, 0) is 18.2 Å². The van der Waals surface area contributed by atoms with Crippen LogP contribution in [0, 0.1) is 0 Å². The van der Waals surface area contributed by atoms with Crippen molar-refractivity contribution in [2.45, 2.75) is 0 Å². The average molecular weight is 321 g/mol. The second-order valence-electron chi connectivity index (χ2n) is 4.12. The van der Waals surface area contributed by atoms with Crippen molar-refractivity contribution in [2.75, 3.05) is 31.0 Å². The largest absolute Gasteiger partial charge is 0.478 e. The van der Waals surface area contributed by atoms with Crippen LogP contribution in [0.1, 0.15) is 10.4 Å². The van der Waals surface area contributed by atoms with Gasteiger partial charge in [0, 0.05) is 13.1 Å². The van der Waals surface area contributed by atoms with Crippen LogP contribution in [0.2, 0.25) is 5.02 Å². The van der Waals surface area contributed by atoms with Gasteiger partial charge >= 0.3 is 16.2 Å². The van der Waals surface area contributed by atoms with Gasteiger partial charge in [-0.15, -0.1) is 0 Å². The zero-order chi connectivity index (χ0) is 14.8. The lowest BCUT2D eigenvalue weighted by Gasteiger charge is -2.26. The van der Waals surface area contributed by atoms with Crippen LogP contribution in [0.3, 0.4) is 0 Å². The Morgan fingerprint density at radius 3 is 2.60 bits per heavy atom. The predicted molar refractivity (Wildman–Crippen MR) is 73.3 cm³/mol. The molecule has 1 aromatic carbocycles. The van der Waals surface area contributed by atoms with Crippen LogP contribution in [-0.2, 0) is 14.9 Å². The quantitative estimate of drug-likeness (QED) is 0.863. The van der Waals surface area contributed by atoms with E-state index >= 15 is 0 Å². The number of hydrogen-bond acceptors (Lipinski definition) is 4. The van der Waals surface area contributed by atoms with E-state index in [9.17, 15) is 13.2 Å². The smallest absolute Gasteiger partial charge is 0.337 e. The Morgan fingerprint density at radius 2 is 2.00 bits per heavy atom. The molecule has 0 aliphatic carbocycles. The molecule has 1 heterocycles. The fourth-order valence-electron chi connectivity index (χ4n) is 1.75. The minimum atomic E-state index is -3.72. The van der Waals surface area contributed by atoms with Gasteiger partial charge in [0.15, 0.2) is 0 Å². The highest BCUT2D eigenvalue weighted by Crippen LogP contribution is 2.22. The molecule has 1 fully saturated rings. The molecule has 0 atom stereocenters. The molecule has 1 aliphatic heterocycles. The number of nitrogens with one attached hydrogen (secondary N) is 1. The standard InChI is InChI=1S/C11H13ClN2O5S/c12-10-2-1-8(7-9(10)11(15)16)13-20(17,18)14-3-5-19-6-4-14/h1-2,7,13H,3-6H2,(H,15,16). The monoisotopic (exact) mass is 320 g/mol. The summed E-state index contributed by atoms with van der Waals surface area (Å²) in [5.41, 5.74) is -0.00728. The van der Waals surface area contributed by atoms with Crippen LogP contribution in [0.4, 0.5) is 5.69 Å². The summed E-state index contributed by atoms with van der Waals surface area (Å²) in [6, 6.07) is 3.93. The van der Waals surface area contributed by atoms with E-state index in [1.54, 1.807) is 0 Å². The molecule has 1 aliphatic rings. The number of ether oxygens (including phenoxy) is 1. The Kier molecular flexibility index (Phi) is 4.48. The fourth-order valence-corrected chi connectivity index (χ4v) is 3.14. The molecule has 2 N–H and O–H groups in total. The van der Waals surface area contributed by atoms with E-state index in [1.165, 1.54) is 22.5 Å². The Labute approximate surface area is 121 Å². The summed E-state index contributed by atoms with van der Waals surface area (Å²) in [6.07, 6.45) is 0. The number of nitrogens with zero attached hydrogens (tertiary/aromatic N) is 1. The number of benzene rings is 1. The summed E-state index contributed by atoms with van der Waals surface area (Å²) in [4.78, 5) is 11.0. The average Bonchev–Trinajstić information content (AvgIpc) is 2.41. The number of carboxylic acids is 1. The molecular weight excluding hydrogens is 308 g/mol. The minimum absolute atomic E-state index is 0.0480. The third-order valence-electron chi connectivity index (χ3n) is 2.75. The molecule has 0 amide bonds. The molecule has 0 spiro atoms. The Bertz CT molecular complexity index is 613. The Balaban J connectivity index is 2.20. The van der Waals surface area contributed by atoms with E-state index in [1.807, 2.05) is 0 Å². The van der Waals surface area contributed by atoms with E-state index in [0.717, 1.165) is 0 Å². The van der Waals surface area contributed by atoms with Gasteiger partial charge in [-0.3, -0.25) is 4.72 Å². The van der Waals surface area contributed by atoms with Gasteiger partial charge in [-0.2, -0.15) is 12.7 Å². The molecular formula is C11H13ClN2O5S. The summed E-state index contributed by atoms with van der Waals surface area (Å²) >= 11 is 5.73. The van der Waals surface area contributed by atoms with Crippen LogP contribution in [0.15, 0.2) is 18.2 Å². The van der Waals surface area contributed by atoms with Crippen LogP contribution in [-0.4, -0.2) is 50.1 Å².